The lowest BCUT2D eigenvalue weighted by atomic mass is 10.0. The van der Waals surface area contributed by atoms with Crippen molar-refractivity contribution in [3.05, 3.63) is 23.8 Å². The van der Waals surface area contributed by atoms with Gasteiger partial charge in [-0.1, -0.05) is 140 Å². The molecule has 0 atom stereocenters. The molecule has 1 aliphatic carbocycles. The molecule has 0 saturated carbocycles. The lowest BCUT2D eigenvalue weighted by Crippen LogP contribution is -1.84. The Morgan fingerprint density at radius 3 is 1.32 bits per heavy atom. The van der Waals surface area contributed by atoms with Crippen molar-refractivity contribution in [2.45, 2.75) is 135 Å². The van der Waals surface area contributed by atoms with E-state index in [2.05, 4.69) is 25.2 Å². The summed E-state index contributed by atoms with van der Waals surface area (Å²) in [6.07, 6.45) is 35.7. The van der Waals surface area contributed by atoms with E-state index in [1.165, 1.54) is 128 Å². The summed E-state index contributed by atoms with van der Waals surface area (Å²) in [6, 6.07) is 0. The van der Waals surface area contributed by atoms with Gasteiger partial charge in [0.2, 0.25) is 0 Å². The second kappa shape index (κ2) is 18.3. The molecule has 0 N–H and O–H groups in total. The van der Waals surface area contributed by atoms with Gasteiger partial charge in [-0.2, -0.15) is 0 Å². The van der Waals surface area contributed by atoms with Crippen LogP contribution in [0.25, 0.3) is 0 Å². The third-order valence-electron chi connectivity index (χ3n) is 5.70. The average molecular weight is 347 g/mol. The Labute approximate surface area is 159 Å². The third-order valence-corrected chi connectivity index (χ3v) is 5.70. The van der Waals surface area contributed by atoms with Crippen LogP contribution >= 0.6 is 0 Å². The van der Waals surface area contributed by atoms with Gasteiger partial charge in [0, 0.05) is 0 Å². The summed E-state index contributed by atoms with van der Waals surface area (Å²) < 4.78 is 0. The summed E-state index contributed by atoms with van der Waals surface area (Å²) in [7, 11) is 0. The molecular weight excluding hydrogens is 300 g/mol. The molecule has 0 unspecified atom stereocenters. The van der Waals surface area contributed by atoms with Gasteiger partial charge in [-0.05, 0) is 19.3 Å². The number of unbranched alkanes of at least 4 members (excludes halogenated alkanes) is 17. The Morgan fingerprint density at radius 2 is 0.960 bits per heavy atom. The monoisotopic (exact) mass is 346 g/mol. The van der Waals surface area contributed by atoms with Gasteiger partial charge in [0.25, 0.3) is 0 Å². The van der Waals surface area contributed by atoms with E-state index in [4.69, 9.17) is 0 Å². The molecule has 0 fully saturated rings. The van der Waals surface area contributed by atoms with Gasteiger partial charge in [0.05, 0.1) is 0 Å². The normalized spacial score (nSPS) is 13.6. The van der Waals surface area contributed by atoms with E-state index in [0.29, 0.717) is 0 Å². The second-order valence-corrected chi connectivity index (χ2v) is 8.22. The van der Waals surface area contributed by atoms with Gasteiger partial charge in [-0.25, -0.2) is 0 Å². The van der Waals surface area contributed by atoms with E-state index in [-0.39, 0.29) is 0 Å². The number of rotatable bonds is 19. The van der Waals surface area contributed by atoms with Crippen molar-refractivity contribution in [3.8, 4) is 0 Å². The lowest BCUT2D eigenvalue weighted by molar-refractivity contribution is 0.525. The summed E-state index contributed by atoms with van der Waals surface area (Å²) in [5, 5.41) is 0. The van der Waals surface area contributed by atoms with Crippen LogP contribution in [0.5, 0.6) is 0 Å². The molecule has 0 heteroatoms. The van der Waals surface area contributed by atoms with Gasteiger partial charge in [0.15, 0.2) is 0 Å². The zero-order valence-corrected chi connectivity index (χ0v) is 17.4. The van der Waals surface area contributed by atoms with E-state index >= 15 is 0 Å². The molecule has 1 rings (SSSR count). The first-order chi connectivity index (χ1) is 12.4. The van der Waals surface area contributed by atoms with Crippen molar-refractivity contribution in [3.63, 3.8) is 0 Å². The average Bonchev–Trinajstić information content (AvgIpc) is 3.14. The van der Waals surface area contributed by atoms with Gasteiger partial charge in [-0.3, -0.25) is 0 Å². The molecule has 0 aromatic rings. The van der Waals surface area contributed by atoms with E-state index in [1.54, 1.807) is 5.57 Å². The van der Waals surface area contributed by atoms with Crippen LogP contribution in [0.3, 0.4) is 0 Å². The van der Waals surface area contributed by atoms with Crippen LogP contribution in [0.1, 0.15) is 135 Å². The molecule has 0 radical (unpaired) electrons. The van der Waals surface area contributed by atoms with E-state index in [9.17, 15) is 0 Å². The van der Waals surface area contributed by atoms with Gasteiger partial charge >= 0.3 is 0 Å². The topological polar surface area (TPSA) is 0 Å². The van der Waals surface area contributed by atoms with Gasteiger partial charge in [-0.15, -0.1) is 0 Å². The van der Waals surface area contributed by atoms with Crippen molar-refractivity contribution in [1.82, 2.24) is 0 Å². The first-order valence-electron chi connectivity index (χ1n) is 11.8. The Kier molecular flexibility index (Phi) is 16.5. The smallest absolute Gasteiger partial charge is 0.0133 e. The predicted molar refractivity (Wildman–Crippen MR) is 115 cm³/mol. The van der Waals surface area contributed by atoms with Crippen molar-refractivity contribution >= 4 is 0 Å². The molecule has 146 valence electrons. The van der Waals surface area contributed by atoms with Crippen LogP contribution in [0.15, 0.2) is 23.8 Å². The minimum atomic E-state index is 1.22. The fourth-order valence-electron chi connectivity index (χ4n) is 3.93. The van der Waals surface area contributed by atoms with E-state index in [1.807, 2.05) is 0 Å². The zero-order valence-electron chi connectivity index (χ0n) is 17.4. The van der Waals surface area contributed by atoms with E-state index < -0.39 is 0 Å². The molecule has 0 heterocycles. The van der Waals surface area contributed by atoms with Crippen LogP contribution in [-0.4, -0.2) is 0 Å². The lowest BCUT2D eigenvalue weighted by Gasteiger charge is -2.04. The van der Waals surface area contributed by atoms with Crippen molar-refractivity contribution in [2.24, 2.45) is 0 Å². The predicted octanol–water partition coefficient (Wildman–Crippen LogP) is 9.30. The number of hydrogen-bond donors (Lipinski definition) is 0. The van der Waals surface area contributed by atoms with Gasteiger partial charge < -0.3 is 0 Å². The van der Waals surface area contributed by atoms with Crippen LogP contribution in [0.2, 0.25) is 0 Å². The summed E-state index contributed by atoms with van der Waals surface area (Å²) in [5.41, 5.74) is 1.65. The first kappa shape index (κ1) is 22.5. The molecule has 0 bridgehead atoms. The van der Waals surface area contributed by atoms with Crippen molar-refractivity contribution in [1.29, 1.82) is 0 Å². The molecule has 0 amide bonds. The largest absolute Gasteiger partial charge is 0.0805 e. The summed E-state index contributed by atoms with van der Waals surface area (Å²) in [6.45, 7) is 2.30. The first-order valence-corrected chi connectivity index (χ1v) is 11.8. The molecule has 0 aromatic carbocycles. The summed E-state index contributed by atoms with van der Waals surface area (Å²) in [4.78, 5) is 0. The minimum Gasteiger partial charge on any atom is -0.0805 e. The Bertz CT molecular complexity index is 323. The highest BCUT2D eigenvalue weighted by molar-refractivity contribution is 5.22. The quantitative estimate of drug-likeness (QED) is 0.204. The fraction of sp³-hybridized carbons (Fsp3) is 0.840. The highest BCUT2D eigenvalue weighted by Crippen LogP contribution is 2.19. The highest BCUT2D eigenvalue weighted by atomic mass is 14.1. The fourth-order valence-corrected chi connectivity index (χ4v) is 3.93. The molecule has 1 aliphatic rings. The Balaban J connectivity index is 1.64. The molecule has 0 spiro atoms. The summed E-state index contributed by atoms with van der Waals surface area (Å²) >= 11 is 0. The molecule has 0 nitrogen and oxygen atoms in total. The number of hydrogen-bond acceptors (Lipinski definition) is 0. The SMILES string of the molecule is CCCCCCCCCCCCCCCCCCCCC1=CC=CC1. The van der Waals surface area contributed by atoms with Crippen LogP contribution < -0.4 is 0 Å². The molecule has 0 aromatic heterocycles. The van der Waals surface area contributed by atoms with E-state index in [0.717, 1.165) is 0 Å². The molecular formula is C25H46. The van der Waals surface area contributed by atoms with Crippen LogP contribution in [-0.2, 0) is 0 Å². The third kappa shape index (κ3) is 15.5. The van der Waals surface area contributed by atoms with Crippen molar-refractivity contribution < 1.29 is 0 Å². The maximum absolute atomic E-state index is 2.31. The molecule has 0 aliphatic heterocycles. The second-order valence-electron chi connectivity index (χ2n) is 8.22. The highest BCUT2D eigenvalue weighted by Gasteiger charge is 1.99. The zero-order chi connectivity index (χ0) is 17.8. The standard InChI is InChI=1S/C25H46/c1-2-3-4-5-6-7-8-9-10-11-12-13-14-15-16-17-18-19-22-25-23-20-21-24-25/h20-21,23H,2-19,22,24H2,1H3. The molecule has 0 saturated heterocycles. The summed E-state index contributed by atoms with van der Waals surface area (Å²) in [5.74, 6) is 0. The van der Waals surface area contributed by atoms with Crippen LogP contribution in [0, 0.1) is 0 Å². The van der Waals surface area contributed by atoms with Crippen LogP contribution in [0.4, 0.5) is 0 Å². The molecule has 25 heavy (non-hydrogen) atoms. The Hall–Kier alpha value is -0.520. The van der Waals surface area contributed by atoms with Gasteiger partial charge in [0.1, 0.15) is 0 Å². The maximum atomic E-state index is 2.31. The maximum Gasteiger partial charge on any atom is -0.0133 e. The number of allylic oxidation sites excluding steroid dienone is 4. The Morgan fingerprint density at radius 1 is 0.560 bits per heavy atom. The minimum absolute atomic E-state index is 1.22. The van der Waals surface area contributed by atoms with Crippen molar-refractivity contribution in [2.75, 3.05) is 0 Å².